The molecule has 1 aromatic carbocycles. The molecule has 1 unspecified atom stereocenters. The fourth-order valence-electron chi connectivity index (χ4n) is 1.15. The van der Waals surface area contributed by atoms with Crippen molar-refractivity contribution < 1.29 is 19.5 Å². The lowest BCUT2D eigenvalue weighted by atomic mass is 10.1. The molecule has 1 atom stereocenters. The van der Waals surface area contributed by atoms with Gasteiger partial charge in [-0.05, 0) is 17.7 Å². The molecule has 0 bridgehead atoms. The van der Waals surface area contributed by atoms with Crippen LogP contribution in [-0.4, -0.2) is 18.2 Å². The number of hydrogen-bond acceptors (Lipinski definition) is 5. The molecule has 0 saturated heterocycles. The second-order valence-electron chi connectivity index (χ2n) is 2.98. The molecule has 1 rings (SSSR count). The molecular formula is C10H13NO4. The van der Waals surface area contributed by atoms with Crippen molar-refractivity contribution in [2.45, 2.75) is 12.5 Å². The van der Waals surface area contributed by atoms with E-state index in [1.165, 1.54) is 0 Å². The molecule has 0 radical (unpaired) electrons. The molecule has 0 spiro atoms. The first kappa shape index (κ1) is 11.5. The van der Waals surface area contributed by atoms with Gasteiger partial charge >= 0.3 is 5.97 Å². The summed E-state index contributed by atoms with van der Waals surface area (Å²) in [5.41, 5.74) is 0.612. The summed E-state index contributed by atoms with van der Waals surface area (Å²) in [5, 5.41) is 9.59. The van der Waals surface area contributed by atoms with Crippen LogP contribution in [0.3, 0.4) is 0 Å². The zero-order chi connectivity index (χ0) is 11.3. The number of carbonyl (C=O) groups is 1. The quantitative estimate of drug-likeness (QED) is 0.710. The van der Waals surface area contributed by atoms with Crippen LogP contribution in [0.25, 0.3) is 0 Å². The van der Waals surface area contributed by atoms with E-state index in [0.29, 0.717) is 11.3 Å². The zero-order valence-electron chi connectivity index (χ0n) is 8.34. The van der Waals surface area contributed by atoms with Crippen LogP contribution in [0.1, 0.15) is 18.1 Å². The summed E-state index contributed by atoms with van der Waals surface area (Å²) < 4.78 is 4.96. The van der Waals surface area contributed by atoms with E-state index in [1.807, 2.05) is 0 Å². The van der Waals surface area contributed by atoms with Gasteiger partial charge in [-0.2, -0.15) is 5.90 Å². The monoisotopic (exact) mass is 211 g/mol. The van der Waals surface area contributed by atoms with Crippen molar-refractivity contribution >= 4 is 5.97 Å². The van der Waals surface area contributed by atoms with Crippen LogP contribution in [0.2, 0.25) is 0 Å². The van der Waals surface area contributed by atoms with E-state index in [4.69, 9.17) is 4.74 Å². The molecule has 82 valence electrons. The molecular weight excluding hydrogens is 198 g/mol. The van der Waals surface area contributed by atoms with Gasteiger partial charge in [-0.15, -0.1) is 0 Å². The Morgan fingerprint density at radius 2 is 2.07 bits per heavy atom. The fraction of sp³-hybridized carbons (Fsp3) is 0.300. The van der Waals surface area contributed by atoms with Crippen LogP contribution < -0.4 is 10.6 Å². The Labute approximate surface area is 87.4 Å². The molecule has 0 aliphatic heterocycles. The SMILES string of the molecule is COc1ccc(C(O)CC(=O)ON)cc1. The minimum atomic E-state index is -0.910. The van der Waals surface area contributed by atoms with E-state index in [9.17, 15) is 9.90 Å². The third-order valence-electron chi connectivity index (χ3n) is 1.99. The first-order valence-electron chi connectivity index (χ1n) is 4.39. The largest absolute Gasteiger partial charge is 0.497 e. The number of methoxy groups -OCH3 is 1. The van der Waals surface area contributed by atoms with Gasteiger partial charge in [0, 0.05) is 0 Å². The van der Waals surface area contributed by atoms with E-state index in [1.54, 1.807) is 31.4 Å². The Kier molecular flexibility index (Phi) is 4.08. The van der Waals surface area contributed by atoms with Crippen LogP contribution in [0.4, 0.5) is 0 Å². The van der Waals surface area contributed by atoms with Crippen molar-refractivity contribution in [1.29, 1.82) is 0 Å². The van der Waals surface area contributed by atoms with E-state index in [0.717, 1.165) is 0 Å². The smallest absolute Gasteiger partial charge is 0.327 e. The number of aliphatic hydroxyl groups is 1. The lowest BCUT2D eigenvalue weighted by Gasteiger charge is -2.09. The molecule has 1 aromatic rings. The molecule has 0 heterocycles. The van der Waals surface area contributed by atoms with Crippen LogP contribution in [-0.2, 0) is 9.63 Å². The molecule has 0 aromatic heterocycles. The van der Waals surface area contributed by atoms with Gasteiger partial charge in [0.15, 0.2) is 0 Å². The maximum Gasteiger partial charge on any atom is 0.327 e. The summed E-state index contributed by atoms with van der Waals surface area (Å²) >= 11 is 0. The number of rotatable bonds is 4. The number of ether oxygens (including phenoxy) is 1. The molecule has 5 heteroatoms. The number of aliphatic hydroxyl groups excluding tert-OH is 1. The highest BCUT2D eigenvalue weighted by atomic mass is 16.7. The summed E-state index contributed by atoms with van der Waals surface area (Å²) in [7, 11) is 1.55. The third-order valence-corrected chi connectivity index (χ3v) is 1.99. The van der Waals surface area contributed by atoms with Crippen molar-refractivity contribution in [3.63, 3.8) is 0 Å². The van der Waals surface area contributed by atoms with Gasteiger partial charge < -0.3 is 14.7 Å². The number of hydrogen-bond donors (Lipinski definition) is 2. The molecule has 0 saturated carbocycles. The Morgan fingerprint density at radius 1 is 1.47 bits per heavy atom. The molecule has 0 aliphatic carbocycles. The Morgan fingerprint density at radius 3 is 2.53 bits per heavy atom. The highest BCUT2D eigenvalue weighted by Gasteiger charge is 2.13. The minimum Gasteiger partial charge on any atom is -0.497 e. The highest BCUT2D eigenvalue weighted by molar-refractivity contribution is 5.69. The minimum absolute atomic E-state index is 0.164. The molecule has 5 nitrogen and oxygen atoms in total. The number of nitrogens with two attached hydrogens (primary N) is 1. The molecule has 15 heavy (non-hydrogen) atoms. The molecule has 0 aliphatic rings. The highest BCUT2D eigenvalue weighted by Crippen LogP contribution is 2.19. The van der Waals surface area contributed by atoms with Gasteiger partial charge in [0.2, 0.25) is 0 Å². The normalized spacial score (nSPS) is 11.9. The van der Waals surface area contributed by atoms with Gasteiger partial charge in [-0.1, -0.05) is 12.1 Å². The van der Waals surface area contributed by atoms with Gasteiger partial charge in [-0.25, -0.2) is 0 Å². The van der Waals surface area contributed by atoms with Crippen molar-refractivity contribution in [3.05, 3.63) is 29.8 Å². The van der Waals surface area contributed by atoms with E-state index in [2.05, 4.69) is 10.7 Å². The lowest BCUT2D eigenvalue weighted by molar-refractivity contribution is -0.146. The van der Waals surface area contributed by atoms with E-state index < -0.39 is 12.1 Å². The maximum absolute atomic E-state index is 10.8. The third kappa shape index (κ3) is 3.23. The first-order valence-corrected chi connectivity index (χ1v) is 4.39. The summed E-state index contributed by atoms with van der Waals surface area (Å²) in [5.74, 6) is 4.70. The van der Waals surface area contributed by atoms with Crippen molar-refractivity contribution in [1.82, 2.24) is 0 Å². The lowest BCUT2D eigenvalue weighted by Crippen LogP contribution is -2.13. The molecule has 0 fully saturated rings. The summed E-state index contributed by atoms with van der Waals surface area (Å²) in [4.78, 5) is 14.8. The van der Waals surface area contributed by atoms with Crippen molar-refractivity contribution in [3.8, 4) is 5.75 Å². The topological polar surface area (TPSA) is 81.8 Å². The van der Waals surface area contributed by atoms with Crippen molar-refractivity contribution in [2.75, 3.05) is 7.11 Å². The van der Waals surface area contributed by atoms with E-state index in [-0.39, 0.29) is 6.42 Å². The summed E-state index contributed by atoms with van der Waals surface area (Å²) in [6.45, 7) is 0. The Bertz CT molecular complexity index is 323. The fourth-order valence-corrected chi connectivity index (χ4v) is 1.15. The number of benzene rings is 1. The van der Waals surface area contributed by atoms with E-state index >= 15 is 0 Å². The standard InChI is InChI=1S/C10H13NO4/c1-14-8-4-2-7(3-5-8)9(12)6-10(13)15-11/h2-5,9,12H,6,11H2,1H3. The maximum atomic E-state index is 10.8. The summed E-state index contributed by atoms with van der Waals surface area (Å²) in [6, 6.07) is 6.75. The van der Waals surface area contributed by atoms with Gasteiger partial charge in [0.1, 0.15) is 5.75 Å². The average Bonchev–Trinajstić information content (AvgIpc) is 2.29. The average molecular weight is 211 g/mol. The van der Waals surface area contributed by atoms with Crippen LogP contribution in [0, 0.1) is 0 Å². The Balaban J connectivity index is 2.65. The second kappa shape index (κ2) is 5.33. The van der Waals surface area contributed by atoms with Crippen LogP contribution in [0.5, 0.6) is 5.75 Å². The Hall–Kier alpha value is -1.59. The van der Waals surface area contributed by atoms with Gasteiger partial charge in [-0.3, -0.25) is 4.79 Å². The number of carbonyl (C=O) groups excluding carboxylic acids is 1. The van der Waals surface area contributed by atoms with Crippen molar-refractivity contribution in [2.24, 2.45) is 5.90 Å². The first-order chi connectivity index (χ1) is 7.17. The van der Waals surface area contributed by atoms with Gasteiger partial charge in [0.25, 0.3) is 0 Å². The second-order valence-corrected chi connectivity index (χ2v) is 2.98. The molecule has 3 N–H and O–H groups in total. The van der Waals surface area contributed by atoms with Crippen LogP contribution in [0.15, 0.2) is 24.3 Å². The zero-order valence-corrected chi connectivity index (χ0v) is 8.34. The predicted molar refractivity (Wildman–Crippen MR) is 52.9 cm³/mol. The predicted octanol–water partition coefficient (Wildman–Crippen LogP) is 0.536. The van der Waals surface area contributed by atoms with Gasteiger partial charge in [0.05, 0.1) is 19.6 Å². The van der Waals surface area contributed by atoms with Crippen LogP contribution >= 0.6 is 0 Å². The molecule has 0 amide bonds. The summed E-state index contributed by atoms with van der Waals surface area (Å²) in [6.07, 6.45) is -1.07.